The van der Waals surface area contributed by atoms with Crippen LogP contribution in [-0.4, -0.2) is 25.5 Å². The Morgan fingerprint density at radius 2 is 1.79 bits per heavy atom. The molecule has 0 spiro atoms. The van der Waals surface area contributed by atoms with Crippen molar-refractivity contribution in [2.75, 3.05) is 5.32 Å². The quantitative estimate of drug-likeness (QED) is 0.741. The van der Waals surface area contributed by atoms with Crippen LogP contribution >= 0.6 is 0 Å². The summed E-state index contributed by atoms with van der Waals surface area (Å²) < 4.78 is 33.3. The molecule has 0 atom stereocenters. The van der Waals surface area contributed by atoms with Crippen molar-refractivity contribution in [3.63, 3.8) is 0 Å². The summed E-state index contributed by atoms with van der Waals surface area (Å²) in [6, 6.07) is 6.66. The summed E-state index contributed by atoms with van der Waals surface area (Å²) in [7, 11) is -3.53. The van der Waals surface area contributed by atoms with E-state index in [1.807, 2.05) is 0 Å². The zero-order chi connectivity index (χ0) is 21.0. The molecule has 1 fully saturated rings. The molecule has 1 heterocycles. The summed E-state index contributed by atoms with van der Waals surface area (Å²) in [5.41, 5.74) is 1.92. The van der Waals surface area contributed by atoms with Gasteiger partial charge in [0.1, 0.15) is 11.4 Å². The van der Waals surface area contributed by atoms with Crippen molar-refractivity contribution in [2.24, 2.45) is 5.92 Å². The molecule has 8 heteroatoms. The van der Waals surface area contributed by atoms with E-state index in [-0.39, 0.29) is 16.8 Å². The number of aryl methyl sites for hydroxylation is 1. The molecule has 0 bridgehead atoms. The minimum atomic E-state index is -3.53. The first kappa shape index (κ1) is 21.3. The number of amides is 1. The average molecular weight is 418 g/mol. The molecular formula is C21H27N3O4S. The Morgan fingerprint density at radius 1 is 1.14 bits per heavy atom. The molecule has 1 aromatic heterocycles. The van der Waals surface area contributed by atoms with Crippen LogP contribution in [0.1, 0.15) is 56.5 Å². The Morgan fingerprint density at radius 3 is 2.41 bits per heavy atom. The van der Waals surface area contributed by atoms with Crippen molar-refractivity contribution in [3.8, 4) is 0 Å². The molecule has 1 aromatic carbocycles. The average Bonchev–Trinajstić information content (AvgIpc) is 3.01. The van der Waals surface area contributed by atoms with Crippen LogP contribution in [-0.2, 0) is 14.8 Å². The highest BCUT2D eigenvalue weighted by Crippen LogP contribution is 2.25. The van der Waals surface area contributed by atoms with Crippen LogP contribution < -0.4 is 10.0 Å². The zero-order valence-electron chi connectivity index (χ0n) is 16.9. The van der Waals surface area contributed by atoms with Crippen LogP contribution in [0.5, 0.6) is 0 Å². The Balaban J connectivity index is 1.69. The van der Waals surface area contributed by atoms with Crippen LogP contribution in [0.25, 0.3) is 12.2 Å². The smallest absolute Gasteiger partial charge is 0.240 e. The lowest BCUT2D eigenvalue weighted by Crippen LogP contribution is -2.37. The molecule has 2 aromatic rings. The van der Waals surface area contributed by atoms with Gasteiger partial charge >= 0.3 is 0 Å². The van der Waals surface area contributed by atoms with Crippen LogP contribution in [0.15, 0.2) is 33.7 Å². The lowest BCUT2D eigenvalue weighted by molar-refractivity contribution is -0.114. The molecular weight excluding hydrogens is 390 g/mol. The number of hydrogen-bond acceptors (Lipinski definition) is 5. The number of rotatable bonds is 6. The molecule has 0 unspecified atom stereocenters. The standard InChI is InChI=1S/C21H27N3O4S/c1-14-4-9-18(10-5-14)24-29(26,27)19-11-6-17(7-12-19)8-13-20-21(22-16(3)25)15(2)23-28-20/h6-8,11-14,18,24H,4-5,9-10H2,1-3H3,(H,22,25)/b13-8-. The molecule has 0 radical (unpaired) electrons. The Kier molecular flexibility index (Phi) is 6.54. The van der Waals surface area contributed by atoms with Crippen molar-refractivity contribution in [2.45, 2.75) is 57.4 Å². The fourth-order valence-corrected chi connectivity index (χ4v) is 4.73. The highest BCUT2D eigenvalue weighted by atomic mass is 32.2. The first-order valence-corrected chi connectivity index (χ1v) is 11.3. The van der Waals surface area contributed by atoms with Gasteiger partial charge in [0.05, 0.1) is 4.90 Å². The number of benzene rings is 1. The number of carbonyl (C=O) groups is 1. The lowest BCUT2D eigenvalue weighted by Gasteiger charge is -2.26. The van der Waals surface area contributed by atoms with Crippen LogP contribution in [0.4, 0.5) is 5.69 Å². The molecule has 0 saturated heterocycles. The first-order chi connectivity index (χ1) is 13.7. The lowest BCUT2D eigenvalue weighted by atomic mass is 9.88. The maximum Gasteiger partial charge on any atom is 0.240 e. The third-order valence-corrected chi connectivity index (χ3v) is 6.68. The summed E-state index contributed by atoms with van der Waals surface area (Å²) in [5.74, 6) is 0.893. The number of nitrogens with one attached hydrogen (secondary N) is 2. The number of anilines is 1. The van der Waals surface area contributed by atoms with Gasteiger partial charge in [-0.05, 0) is 62.3 Å². The first-order valence-electron chi connectivity index (χ1n) is 9.79. The van der Waals surface area contributed by atoms with Gasteiger partial charge in [-0.1, -0.05) is 30.3 Å². The van der Waals surface area contributed by atoms with Gasteiger partial charge in [0, 0.05) is 13.0 Å². The van der Waals surface area contributed by atoms with E-state index < -0.39 is 10.0 Å². The van der Waals surface area contributed by atoms with Crippen LogP contribution in [0.3, 0.4) is 0 Å². The Hall–Kier alpha value is -2.45. The van der Waals surface area contributed by atoms with Gasteiger partial charge in [0.15, 0.2) is 5.76 Å². The van der Waals surface area contributed by atoms with Crippen molar-refractivity contribution in [1.82, 2.24) is 9.88 Å². The second kappa shape index (κ2) is 8.92. The number of sulfonamides is 1. The summed E-state index contributed by atoms with van der Waals surface area (Å²) in [5, 5.41) is 6.55. The molecule has 1 aliphatic carbocycles. The monoisotopic (exact) mass is 417 g/mol. The molecule has 3 rings (SSSR count). The second-order valence-corrected chi connectivity index (χ2v) is 9.38. The van der Waals surface area contributed by atoms with E-state index in [2.05, 4.69) is 22.1 Å². The van der Waals surface area contributed by atoms with Crippen LogP contribution in [0.2, 0.25) is 0 Å². The molecule has 1 aliphatic rings. The second-order valence-electron chi connectivity index (χ2n) is 7.67. The maximum absolute atomic E-state index is 12.6. The minimum Gasteiger partial charge on any atom is -0.354 e. The molecule has 7 nitrogen and oxygen atoms in total. The number of hydrogen-bond donors (Lipinski definition) is 2. The van der Waals surface area contributed by atoms with Crippen molar-refractivity contribution in [1.29, 1.82) is 0 Å². The highest BCUT2D eigenvalue weighted by molar-refractivity contribution is 7.89. The molecule has 0 aliphatic heterocycles. The Bertz CT molecular complexity index is 985. The fraction of sp³-hybridized carbons (Fsp3) is 0.429. The molecule has 156 valence electrons. The normalized spacial score (nSPS) is 20.1. The molecule has 2 N–H and O–H groups in total. The van der Waals surface area contributed by atoms with E-state index in [0.29, 0.717) is 23.1 Å². The molecule has 1 saturated carbocycles. The van der Waals surface area contributed by atoms with Crippen molar-refractivity contribution < 1.29 is 17.7 Å². The largest absolute Gasteiger partial charge is 0.354 e. The minimum absolute atomic E-state index is 0.0117. The SMILES string of the molecule is CC(=O)Nc1c(C)noc1/C=C\c1ccc(S(=O)(=O)NC2CCC(C)CC2)cc1. The summed E-state index contributed by atoms with van der Waals surface area (Å²) in [6.07, 6.45) is 7.34. The fourth-order valence-electron chi connectivity index (χ4n) is 3.42. The zero-order valence-corrected chi connectivity index (χ0v) is 17.8. The summed E-state index contributed by atoms with van der Waals surface area (Å²) >= 11 is 0. The van der Waals surface area contributed by atoms with E-state index >= 15 is 0 Å². The van der Waals surface area contributed by atoms with Crippen LogP contribution in [0, 0.1) is 12.8 Å². The Labute approximate surface area is 171 Å². The van der Waals surface area contributed by atoms with Gasteiger partial charge in [-0.15, -0.1) is 0 Å². The maximum atomic E-state index is 12.6. The van der Waals surface area contributed by atoms with E-state index in [1.165, 1.54) is 6.92 Å². The van der Waals surface area contributed by atoms with Gasteiger partial charge in [-0.25, -0.2) is 13.1 Å². The molecule has 1 amide bonds. The van der Waals surface area contributed by atoms with E-state index in [4.69, 9.17) is 4.52 Å². The summed E-state index contributed by atoms with van der Waals surface area (Å²) in [6.45, 7) is 5.36. The van der Waals surface area contributed by atoms with Crippen molar-refractivity contribution >= 4 is 33.8 Å². The number of carbonyl (C=O) groups excluding carboxylic acids is 1. The van der Waals surface area contributed by atoms with E-state index in [0.717, 1.165) is 31.2 Å². The third kappa shape index (κ3) is 5.55. The molecule has 29 heavy (non-hydrogen) atoms. The van der Waals surface area contributed by atoms with Crippen molar-refractivity contribution in [3.05, 3.63) is 41.3 Å². The number of aromatic nitrogens is 1. The van der Waals surface area contributed by atoms with Gasteiger partial charge in [0.2, 0.25) is 15.9 Å². The topological polar surface area (TPSA) is 101 Å². The third-order valence-electron chi connectivity index (χ3n) is 5.15. The van der Waals surface area contributed by atoms with E-state index in [1.54, 1.807) is 43.3 Å². The summed E-state index contributed by atoms with van der Waals surface area (Å²) in [4.78, 5) is 11.6. The van der Waals surface area contributed by atoms with Gasteiger partial charge in [0.25, 0.3) is 0 Å². The highest BCUT2D eigenvalue weighted by Gasteiger charge is 2.24. The number of nitrogens with zero attached hydrogens (tertiary/aromatic N) is 1. The van der Waals surface area contributed by atoms with Gasteiger partial charge in [-0.3, -0.25) is 4.79 Å². The van der Waals surface area contributed by atoms with Gasteiger partial charge in [-0.2, -0.15) is 0 Å². The van der Waals surface area contributed by atoms with Gasteiger partial charge < -0.3 is 9.84 Å². The predicted octanol–water partition coefficient (Wildman–Crippen LogP) is 3.97. The predicted molar refractivity (Wildman–Crippen MR) is 113 cm³/mol. The van der Waals surface area contributed by atoms with E-state index in [9.17, 15) is 13.2 Å².